The summed E-state index contributed by atoms with van der Waals surface area (Å²) in [5.74, 6) is 0.718. The molecule has 0 fully saturated rings. The van der Waals surface area contributed by atoms with Gasteiger partial charge in [-0.1, -0.05) is 24.3 Å². The molecule has 0 amide bonds. The number of para-hydroxylation sites is 1. The second-order valence-electron chi connectivity index (χ2n) is 4.10. The Balaban J connectivity index is 1.89. The highest BCUT2D eigenvalue weighted by molar-refractivity contribution is 5.85. The highest BCUT2D eigenvalue weighted by atomic mass is 16.3. The van der Waals surface area contributed by atoms with Gasteiger partial charge in [-0.05, 0) is 29.5 Å². The van der Waals surface area contributed by atoms with E-state index in [-0.39, 0.29) is 5.75 Å². The summed E-state index contributed by atoms with van der Waals surface area (Å²) >= 11 is 0. The fourth-order valence-corrected chi connectivity index (χ4v) is 1.75. The van der Waals surface area contributed by atoms with Crippen molar-refractivity contribution in [2.45, 2.75) is 0 Å². The number of rotatable bonds is 3. The zero-order chi connectivity index (χ0) is 13.8. The number of H-pyrrole nitrogens is 1. The molecule has 0 saturated carbocycles. The van der Waals surface area contributed by atoms with Crippen molar-refractivity contribution in [2.75, 3.05) is 0 Å². The SMILES string of the molecule is Oc1ccccc1C=Nc1cccc(-c2nn[nH]n2)c1. The fourth-order valence-electron chi connectivity index (χ4n) is 1.75. The Morgan fingerprint density at radius 1 is 1.10 bits per heavy atom. The van der Waals surface area contributed by atoms with Crippen molar-refractivity contribution in [2.24, 2.45) is 4.99 Å². The van der Waals surface area contributed by atoms with E-state index < -0.39 is 0 Å². The molecule has 98 valence electrons. The average molecular weight is 265 g/mol. The van der Waals surface area contributed by atoms with Gasteiger partial charge in [0.05, 0.1) is 5.69 Å². The Morgan fingerprint density at radius 3 is 2.80 bits per heavy atom. The van der Waals surface area contributed by atoms with Gasteiger partial charge in [0.15, 0.2) is 0 Å². The van der Waals surface area contributed by atoms with Crippen LogP contribution >= 0.6 is 0 Å². The summed E-state index contributed by atoms with van der Waals surface area (Å²) in [6.07, 6.45) is 1.62. The summed E-state index contributed by atoms with van der Waals surface area (Å²) in [4.78, 5) is 4.34. The number of phenols is 1. The Kier molecular flexibility index (Phi) is 3.20. The van der Waals surface area contributed by atoms with Gasteiger partial charge in [0.25, 0.3) is 0 Å². The highest BCUT2D eigenvalue weighted by Crippen LogP contribution is 2.21. The van der Waals surface area contributed by atoms with Crippen LogP contribution in [0.1, 0.15) is 5.56 Å². The molecule has 0 saturated heterocycles. The summed E-state index contributed by atoms with van der Waals surface area (Å²) in [6, 6.07) is 14.5. The third kappa shape index (κ3) is 2.54. The Morgan fingerprint density at radius 2 is 2.00 bits per heavy atom. The van der Waals surface area contributed by atoms with Gasteiger partial charge in [-0.15, -0.1) is 10.2 Å². The topological polar surface area (TPSA) is 87.0 Å². The number of phenolic OH excluding ortho intramolecular Hbond substituents is 1. The second kappa shape index (κ2) is 5.31. The molecule has 6 nitrogen and oxygen atoms in total. The first-order chi connectivity index (χ1) is 9.83. The van der Waals surface area contributed by atoms with Crippen LogP contribution in [0.15, 0.2) is 53.5 Å². The first-order valence-electron chi connectivity index (χ1n) is 5.99. The first-order valence-corrected chi connectivity index (χ1v) is 5.99. The zero-order valence-corrected chi connectivity index (χ0v) is 10.4. The molecule has 2 N–H and O–H groups in total. The van der Waals surface area contributed by atoms with Crippen molar-refractivity contribution in [3.63, 3.8) is 0 Å². The van der Waals surface area contributed by atoms with Gasteiger partial charge in [0, 0.05) is 17.3 Å². The van der Waals surface area contributed by atoms with E-state index in [9.17, 15) is 5.11 Å². The van der Waals surface area contributed by atoms with Crippen molar-refractivity contribution in [3.8, 4) is 17.1 Å². The summed E-state index contributed by atoms with van der Waals surface area (Å²) in [5.41, 5.74) is 2.23. The van der Waals surface area contributed by atoms with Crippen molar-refractivity contribution < 1.29 is 5.11 Å². The number of aliphatic imine (C=N–C) groups is 1. The van der Waals surface area contributed by atoms with Crippen LogP contribution in [0.25, 0.3) is 11.4 Å². The average Bonchev–Trinajstić information content (AvgIpc) is 3.01. The van der Waals surface area contributed by atoms with Crippen LogP contribution in [0.2, 0.25) is 0 Å². The molecule has 0 radical (unpaired) electrons. The molecule has 0 unspecified atom stereocenters. The van der Waals surface area contributed by atoms with Crippen LogP contribution in [0.4, 0.5) is 5.69 Å². The minimum Gasteiger partial charge on any atom is -0.507 e. The molecule has 1 aromatic heterocycles. The fraction of sp³-hybridized carbons (Fsp3) is 0. The number of aromatic amines is 1. The van der Waals surface area contributed by atoms with E-state index in [0.29, 0.717) is 11.4 Å². The lowest BCUT2D eigenvalue weighted by Crippen LogP contribution is -1.82. The van der Waals surface area contributed by atoms with Gasteiger partial charge in [0.2, 0.25) is 5.82 Å². The van der Waals surface area contributed by atoms with E-state index in [0.717, 1.165) is 11.3 Å². The van der Waals surface area contributed by atoms with E-state index in [4.69, 9.17) is 0 Å². The molecule has 3 rings (SSSR count). The molecule has 0 aliphatic heterocycles. The van der Waals surface area contributed by atoms with Crippen molar-refractivity contribution in [1.82, 2.24) is 20.6 Å². The van der Waals surface area contributed by atoms with Crippen molar-refractivity contribution in [1.29, 1.82) is 0 Å². The zero-order valence-electron chi connectivity index (χ0n) is 10.4. The molecule has 20 heavy (non-hydrogen) atoms. The van der Waals surface area contributed by atoms with Gasteiger partial charge in [-0.2, -0.15) is 5.21 Å². The van der Waals surface area contributed by atoms with E-state index in [2.05, 4.69) is 25.6 Å². The number of hydrogen-bond acceptors (Lipinski definition) is 5. The van der Waals surface area contributed by atoms with E-state index in [1.165, 1.54) is 0 Å². The van der Waals surface area contributed by atoms with Crippen LogP contribution in [0.3, 0.4) is 0 Å². The molecular weight excluding hydrogens is 254 g/mol. The lowest BCUT2D eigenvalue weighted by molar-refractivity contribution is 0.474. The van der Waals surface area contributed by atoms with Gasteiger partial charge in [-0.3, -0.25) is 4.99 Å². The summed E-state index contributed by atoms with van der Waals surface area (Å²) in [5, 5.41) is 23.4. The maximum Gasteiger partial charge on any atom is 0.204 e. The smallest absolute Gasteiger partial charge is 0.204 e. The highest BCUT2D eigenvalue weighted by Gasteiger charge is 2.02. The first kappa shape index (κ1) is 12.0. The molecule has 0 aliphatic carbocycles. The van der Waals surface area contributed by atoms with E-state index >= 15 is 0 Å². The predicted molar refractivity (Wildman–Crippen MR) is 75.0 cm³/mol. The molecule has 0 bridgehead atoms. The monoisotopic (exact) mass is 265 g/mol. The third-order valence-electron chi connectivity index (χ3n) is 2.74. The maximum atomic E-state index is 9.67. The molecule has 0 aliphatic rings. The van der Waals surface area contributed by atoms with Gasteiger partial charge < -0.3 is 5.11 Å². The standard InChI is InChI=1S/C14H11N5O/c20-13-7-2-1-4-11(13)9-15-12-6-3-5-10(8-12)14-16-18-19-17-14/h1-9,20H,(H,16,17,18,19). The number of aromatic hydroxyl groups is 1. The quantitative estimate of drug-likeness (QED) is 0.711. The van der Waals surface area contributed by atoms with Gasteiger partial charge in [-0.25, -0.2) is 0 Å². The van der Waals surface area contributed by atoms with Crippen LogP contribution in [-0.2, 0) is 0 Å². The maximum absolute atomic E-state index is 9.67. The van der Waals surface area contributed by atoms with E-state index in [1.54, 1.807) is 24.4 Å². The molecule has 0 spiro atoms. The Bertz CT molecular complexity index is 737. The predicted octanol–water partition coefficient (Wildman–Crippen LogP) is 2.32. The number of tetrazole rings is 1. The van der Waals surface area contributed by atoms with Crippen LogP contribution in [0, 0.1) is 0 Å². The molecular formula is C14H11N5O. The van der Waals surface area contributed by atoms with Gasteiger partial charge in [0.1, 0.15) is 5.75 Å². The second-order valence-corrected chi connectivity index (χ2v) is 4.10. The molecule has 6 heteroatoms. The number of benzene rings is 2. The normalized spacial score (nSPS) is 11.0. The van der Waals surface area contributed by atoms with Crippen molar-refractivity contribution in [3.05, 3.63) is 54.1 Å². The molecule has 1 heterocycles. The van der Waals surface area contributed by atoms with Crippen LogP contribution in [0.5, 0.6) is 5.75 Å². The summed E-state index contributed by atoms with van der Waals surface area (Å²) in [7, 11) is 0. The van der Waals surface area contributed by atoms with Crippen LogP contribution in [-0.4, -0.2) is 31.9 Å². The number of nitrogens with zero attached hydrogens (tertiary/aromatic N) is 4. The summed E-state index contributed by atoms with van der Waals surface area (Å²) in [6.45, 7) is 0. The molecule has 0 atom stereocenters. The molecule has 2 aromatic carbocycles. The van der Waals surface area contributed by atoms with E-state index in [1.807, 2.05) is 30.3 Å². The minimum absolute atomic E-state index is 0.200. The Hall–Kier alpha value is -3.02. The van der Waals surface area contributed by atoms with Crippen molar-refractivity contribution >= 4 is 11.9 Å². The third-order valence-corrected chi connectivity index (χ3v) is 2.74. The number of aromatic nitrogens is 4. The van der Waals surface area contributed by atoms with Crippen LogP contribution < -0.4 is 0 Å². The minimum atomic E-state index is 0.200. The lowest BCUT2D eigenvalue weighted by Gasteiger charge is -1.99. The summed E-state index contributed by atoms with van der Waals surface area (Å²) < 4.78 is 0. The lowest BCUT2D eigenvalue weighted by atomic mass is 10.2. The molecule has 3 aromatic rings. The number of hydrogen-bond donors (Lipinski definition) is 2. The van der Waals surface area contributed by atoms with Gasteiger partial charge >= 0.3 is 0 Å². The largest absolute Gasteiger partial charge is 0.507 e. The number of nitrogens with one attached hydrogen (secondary N) is 1. The Labute approximate surface area is 114 Å².